The van der Waals surface area contributed by atoms with Crippen LogP contribution >= 0.6 is 0 Å². The van der Waals surface area contributed by atoms with Crippen LogP contribution in [0.4, 0.5) is 4.79 Å². The summed E-state index contributed by atoms with van der Waals surface area (Å²) in [6.45, 7) is 10.4. The zero-order valence-corrected chi connectivity index (χ0v) is 12.0. The molecule has 0 aromatic carbocycles. The predicted octanol–water partition coefficient (Wildman–Crippen LogP) is 1.18. The minimum absolute atomic E-state index is 0.0475. The molecule has 6 heteroatoms. The zero-order chi connectivity index (χ0) is 14.6. The Bertz CT molecular complexity index is 302. The van der Waals surface area contributed by atoms with E-state index >= 15 is 0 Å². The SMILES string of the molecule is CC(C)(C)OC(=O)NC(CN)C(=O)OC(C)(C)C. The lowest BCUT2D eigenvalue weighted by Gasteiger charge is -2.25. The molecule has 0 spiro atoms. The highest BCUT2D eigenvalue weighted by molar-refractivity contribution is 5.81. The molecule has 106 valence electrons. The summed E-state index contributed by atoms with van der Waals surface area (Å²) in [5.41, 5.74) is 4.18. The summed E-state index contributed by atoms with van der Waals surface area (Å²) in [6.07, 6.45) is -0.691. The maximum absolute atomic E-state index is 11.7. The Labute approximate surface area is 108 Å². The van der Waals surface area contributed by atoms with Crippen molar-refractivity contribution in [2.24, 2.45) is 5.73 Å². The van der Waals surface area contributed by atoms with E-state index in [0.717, 1.165) is 0 Å². The van der Waals surface area contributed by atoms with E-state index in [2.05, 4.69) is 5.32 Å². The van der Waals surface area contributed by atoms with Gasteiger partial charge in [0.2, 0.25) is 0 Å². The third-order valence-electron chi connectivity index (χ3n) is 1.62. The van der Waals surface area contributed by atoms with E-state index in [9.17, 15) is 9.59 Å². The molecule has 0 bridgehead atoms. The van der Waals surface area contributed by atoms with E-state index in [1.807, 2.05) is 0 Å². The molecule has 1 amide bonds. The Balaban J connectivity index is 4.44. The molecule has 0 aromatic rings. The Morgan fingerprint density at radius 1 is 1.06 bits per heavy atom. The third-order valence-corrected chi connectivity index (χ3v) is 1.62. The van der Waals surface area contributed by atoms with Crippen molar-refractivity contribution in [2.75, 3.05) is 6.54 Å². The van der Waals surface area contributed by atoms with Gasteiger partial charge < -0.3 is 20.5 Å². The fraction of sp³-hybridized carbons (Fsp3) is 0.833. The molecule has 0 rings (SSSR count). The van der Waals surface area contributed by atoms with Crippen molar-refractivity contribution in [1.29, 1.82) is 0 Å². The standard InChI is InChI=1S/C12H24N2O4/c1-11(2,3)17-9(15)8(7-13)14-10(16)18-12(4,5)6/h8H,7,13H2,1-6H3,(H,14,16). The van der Waals surface area contributed by atoms with Crippen LogP contribution < -0.4 is 11.1 Å². The number of esters is 1. The number of alkyl carbamates (subject to hydrolysis) is 1. The fourth-order valence-corrected chi connectivity index (χ4v) is 1.04. The Kier molecular flexibility index (Phi) is 5.60. The van der Waals surface area contributed by atoms with Gasteiger partial charge in [0.05, 0.1) is 0 Å². The number of nitrogens with two attached hydrogens (primary N) is 1. The van der Waals surface area contributed by atoms with Crippen LogP contribution in [0.5, 0.6) is 0 Å². The van der Waals surface area contributed by atoms with E-state index in [4.69, 9.17) is 15.2 Å². The van der Waals surface area contributed by atoms with Gasteiger partial charge in [0.1, 0.15) is 17.2 Å². The minimum atomic E-state index is -0.904. The fourth-order valence-electron chi connectivity index (χ4n) is 1.04. The van der Waals surface area contributed by atoms with Crippen LogP contribution in [0.2, 0.25) is 0 Å². The summed E-state index contributed by atoms with van der Waals surface area (Å²) in [7, 11) is 0. The summed E-state index contributed by atoms with van der Waals surface area (Å²) < 4.78 is 10.2. The predicted molar refractivity (Wildman–Crippen MR) is 68.1 cm³/mol. The maximum Gasteiger partial charge on any atom is 0.408 e. The first-order chi connectivity index (χ1) is 7.94. The van der Waals surface area contributed by atoms with Gasteiger partial charge in [-0.1, -0.05) is 0 Å². The van der Waals surface area contributed by atoms with E-state index in [1.54, 1.807) is 41.5 Å². The Hall–Kier alpha value is -1.30. The number of hydrogen-bond acceptors (Lipinski definition) is 5. The average Bonchev–Trinajstić information content (AvgIpc) is 2.07. The van der Waals surface area contributed by atoms with Crippen LogP contribution in [-0.2, 0) is 14.3 Å². The molecule has 0 fully saturated rings. The number of nitrogens with one attached hydrogen (secondary N) is 1. The van der Waals surface area contributed by atoms with Crippen molar-refractivity contribution in [3.8, 4) is 0 Å². The van der Waals surface area contributed by atoms with Crippen LogP contribution in [0.15, 0.2) is 0 Å². The lowest BCUT2D eigenvalue weighted by molar-refractivity contribution is -0.157. The number of carbonyl (C=O) groups excluding carboxylic acids is 2. The monoisotopic (exact) mass is 260 g/mol. The summed E-state index contributed by atoms with van der Waals surface area (Å²) in [5.74, 6) is -0.573. The van der Waals surface area contributed by atoms with Crippen molar-refractivity contribution in [1.82, 2.24) is 5.32 Å². The Morgan fingerprint density at radius 2 is 1.50 bits per heavy atom. The second kappa shape index (κ2) is 6.04. The van der Waals surface area contributed by atoms with E-state index < -0.39 is 29.3 Å². The van der Waals surface area contributed by atoms with Crippen molar-refractivity contribution < 1.29 is 19.1 Å². The van der Waals surface area contributed by atoms with Crippen molar-refractivity contribution in [3.05, 3.63) is 0 Å². The molecule has 0 radical (unpaired) electrons. The van der Waals surface area contributed by atoms with Crippen LogP contribution in [0.25, 0.3) is 0 Å². The smallest absolute Gasteiger partial charge is 0.408 e. The van der Waals surface area contributed by atoms with Gasteiger partial charge in [0, 0.05) is 6.54 Å². The lowest BCUT2D eigenvalue weighted by Crippen LogP contribution is -2.49. The summed E-state index contributed by atoms with van der Waals surface area (Å²) in [6, 6.07) is -0.904. The highest BCUT2D eigenvalue weighted by atomic mass is 16.6. The van der Waals surface area contributed by atoms with Gasteiger partial charge in [0.15, 0.2) is 0 Å². The van der Waals surface area contributed by atoms with Gasteiger partial charge in [-0.2, -0.15) is 0 Å². The molecule has 0 aliphatic rings. The van der Waals surface area contributed by atoms with Crippen LogP contribution in [0, 0.1) is 0 Å². The van der Waals surface area contributed by atoms with E-state index in [0.29, 0.717) is 0 Å². The number of carbonyl (C=O) groups is 2. The first kappa shape index (κ1) is 16.7. The quantitative estimate of drug-likeness (QED) is 0.744. The maximum atomic E-state index is 11.7. The van der Waals surface area contributed by atoms with Gasteiger partial charge in [-0.3, -0.25) is 0 Å². The molecule has 0 aromatic heterocycles. The highest BCUT2D eigenvalue weighted by Gasteiger charge is 2.27. The number of rotatable bonds is 3. The average molecular weight is 260 g/mol. The molecule has 1 unspecified atom stereocenters. The molecule has 0 aliphatic heterocycles. The molecule has 0 heterocycles. The molecule has 1 atom stereocenters. The van der Waals surface area contributed by atoms with Gasteiger partial charge in [-0.15, -0.1) is 0 Å². The topological polar surface area (TPSA) is 90.6 Å². The first-order valence-electron chi connectivity index (χ1n) is 5.87. The first-order valence-corrected chi connectivity index (χ1v) is 5.87. The van der Waals surface area contributed by atoms with Gasteiger partial charge >= 0.3 is 12.1 Å². The molecule has 6 nitrogen and oxygen atoms in total. The van der Waals surface area contributed by atoms with Crippen LogP contribution in [-0.4, -0.2) is 35.9 Å². The molecular formula is C12H24N2O4. The second-order valence-corrected chi connectivity index (χ2v) is 5.97. The number of hydrogen-bond donors (Lipinski definition) is 2. The minimum Gasteiger partial charge on any atom is -0.458 e. The van der Waals surface area contributed by atoms with Crippen molar-refractivity contribution in [2.45, 2.75) is 58.8 Å². The van der Waals surface area contributed by atoms with Crippen LogP contribution in [0.1, 0.15) is 41.5 Å². The molecule has 0 saturated carbocycles. The Morgan fingerprint density at radius 3 is 1.83 bits per heavy atom. The van der Waals surface area contributed by atoms with E-state index in [1.165, 1.54) is 0 Å². The zero-order valence-electron chi connectivity index (χ0n) is 12.0. The molecule has 0 aliphatic carbocycles. The number of amides is 1. The van der Waals surface area contributed by atoms with Crippen LogP contribution in [0.3, 0.4) is 0 Å². The molecule has 0 saturated heterocycles. The molecule has 18 heavy (non-hydrogen) atoms. The van der Waals surface area contributed by atoms with Crippen molar-refractivity contribution >= 4 is 12.1 Å². The van der Waals surface area contributed by atoms with E-state index in [-0.39, 0.29) is 6.54 Å². The summed E-state index contributed by atoms with van der Waals surface area (Å²) >= 11 is 0. The largest absolute Gasteiger partial charge is 0.458 e. The third kappa shape index (κ3) is 7.89. The van der Waals surface area contributed by atoms with Gasteiger partial charge in [-0.25, -0.2) is 9.59 Å². The second-order valence-electron chi connectivity index (χ2n) is 5.97. The lowest BCUT2D eigenvalue weighted by atomic mass is 10.2. The highest BCUT2D eigenvalue weighted by Crippen LogP contribution is 2.09. The normalized spacial score (nSPS) is 13.7. The summed E-state index contributed by atoms with van der Waals surface area (Å²) in [4.78, 5) is 23.2. The van der Waals surface area contributed by atoms with Gasteiger partial charge in [-0.05, 0) is 41.5 Å². The molecular weight excluding hydrogens is 236 g/mol. The van der Waals surface area contributed by atoms with Crippen molar-refractivity contribution in [3.63, 3.8) is 0 Å². The summed E-state index contributed by atoms with van der Waals surface area (Å²) in [5, 5.41) is 2.38. The molecule has 3 N–H and O–H groups in total. The number of ether oxygens (including phenoxy) is 2. The van der Waals surface area contributed by atoms with Gasteiger partial charge in [0.25, 0.3) is 0 Å².